The summed E-state index contributed by atoms with van der Waals surface area (Å²) in [7, 11) is 1.33. The first-order valence-electron chi connectivity index (χ1n) is 6.29. The van der Waals surface area contributed by atoms with Gasteiger partial charge < -0.3 is 19.9 Å². The first-order valence-corrected chi connectivity index (χ1v) is 6.29. The van der Waals surface area contributed by atoms with Crippen molar-refractivity contribution in [1.29, 1.82) is 0 Å². The maximum absolute atomic E-state index is 10.9. The minimum Gasteiger partial charge on any atom is -0.490 e. The number of esters is 1. The van der Waals surface area contributed by atoms with E-state index in [1.807, 2.05) is 25.1 Å². The fourth-order valence-corrected chi connectivity index (χ4v) is 2.10. The van der Waals surface area contributed by atoms with E-state index in [1.54, 1.807) is 0 Å². The minimum absolute atomic E-state index is 0.0741. The molecule has 0 amide bonds. The molecule has 2 atom stereocenters. The van der Waals surface area contributed by atoms with Gasteiger partial charge in [0.2, 0.25) is 0 Å². The third kappa shape index (κ3) is 3.45. The van der Waals surface area contributed by atoms with Crippen molar-refractivity contribution in [3.8, 4) is 5.75 Å². The van der Waals surface area contributed by atoms with Crippen molar-refractivity contribution >= 4 is 5.97 Å². The van der Waals surface area contributed by atoms with Crippen LogP contribution < -0.4 is 10.5 Å². The molecule has 2 N–H and O–H groups in total. The Morgan fingerprint density at radius 2 is 2.37 bits per heavy atom. The monoisotopic (exact) mass is 265 g/mol. The van der Waals surface area contributed by atoms with Crippen LogP contribution in [-0.2, 0) is 20.7 Å². The molecule has 0 spiro atoms. The van der Waals surface area contributed by atoms with Gasteiger partial charge in [-0.05, 0) is 24.1 Å². The van der Waals surface area contributed by atoms with Gasteiger partial charge in [-0.15, -0.1) is 0 Å². The Bertz CT molecular complexity index is 461. The number of hydrogen-bond acceptors (Lipinski definition) is 5. The number of rotatable bonds is 5. The molecular formula is C14H19NO4. The SMILES string of the molecule is COC(=O)COCC(N)c1ccc2c(c1)CC(C)O2. The average Bonchev–Trinajstić information content (AvgIpc) is 2.77. The molecule has 0 fully saturated rings. The second-order valence-corrected chi connectivity index (χ2v) is 4.70. The molecule has 1 aliphatic rings. The predicted molar refractivity (Wildman–Crippen MR) is 70.0 cm³/mol. The average molecular weight is 265 g/mol. The topological polar surface area (TPSA) is 70.8 Å². The maximum Gasteiger partial charge on any atom is 0.331 e. The molecule has 1 aromatic rings. The summed E-state index contributed by atoms with van der Waals surface area (Å²) in [6, 6.07) is 5.66. The second-order valence-electron chi connectivity index (χ2n) is 4.70. The van der Waals surface area contributed by atoms with E-state index in [0.29, 0.717) is 0 Å². The van der Waals surface area contributed by atoms with Crippen LogP contribution in [0.4, 0.5) is 0 Å². The van der Waals surface area contributed by atoms with Gasteiger partial charge in [-0.1, -0.05) is 12.1 Å². The van der Waals surface area contributed by atoms with Crippen molar-refractivity contribution < 1.29 is 19.0 Å². The number of carbonyl (C=O) groups excluding carboxylic acids is 1. The summed E-state index contributed by atoms with van der Waals surface area (Å²) in [5, 5.41) is 0. The molecule has 0 radical (unpaired) electrons. The molecule has 104 valence electrons. The summed E-state index contributed by atoms with van der Waals surface area (Å²) < 4.78 is 15.3. The first-order chi connectivity index (χ1) is 9.10. The fourth-order valence-electron chi connectivity index (χ4n) is 2.10. The van der Waals surface area contributed by atoms with Crippen molar-refractivity contribution in [2.45, 2.75) is 25.5 Å². The van der Waals surface area contributed by atoms with E-state index in [-0.39, 0.29) is 25.4 Å². The lowest BCUT2D eigenvalue weighted by Crippen LogP contribution is -2.20. The highest BCUT2D eigenvalue weighted by Gasteiger charge is 2.20. The molecular weight excluding hydrogens is 246 g/mol. The third-order valence-corrected chi connectivity index (χ3v) is 3.09. The Hall–Kier alpha value is -1.59. The van der Waals surface area contributed by atoms with Crippen LogP contribution in [0.1, 0.15) is 24.1 Å². The van der Waals surface area contributed by atoms with Crippen LogP contribution >= 0.6 is 0 Å². The largest absolute Gasteiger partial charge is 0.490 e. The summed E-state index contributed by atoms with van der Waals surface area (Å²) >= 11 is 0. The molecule has 1 aliphatic heterocycles. The van der Waals surface area contributed by atoms with Gasteiger partial charge in [-0.3, -0.25) is 0 Å². The lowest BCUT2D eigenvalue weighted by atomic mass is 10.0. The van der Waals surface area contributed by atoms with Gasteiger partial charge >= 0.3 is 5.97 Å². The summed E-state index contributed by atoms with van der Waals surface area (Å²) in [4.78, 5) is 10.9. The number of fused-ring (bicyclic) bond motifs is 1. The summed E-state index contributed by atoms with van der Waals surface area (Å²) in [6.45, 7) is 2.25. The van der Waals surface area contributed by atoms with Gasteiger partial charge in [0.1, 0.15) is 18.5 Å². The van der Waals surface area contributed by atoms with Crippen LogP contribution in [0.15, 0.2) is 18.2 Å². The molecule has 0 saturated carbocycles. The number of carbonyl (C=O) groups is 1. The maximum atomic E-state index is 10.9. The number of benzene rings is 1. The first kappa shape index (κ1) is 13.8. The van der Waals surface area contributed by atoms with Gasteiger partial charge in [0.05, 0.1) is 19.8 Å². The van der Waals surface area contributed by atoms with Crippen LogP contribution in [0.25, 0.3) is 0 Å². The highest BCUT2D eigenvalue weighted by Crippen LogP contribution is 2.30. The van der Waals surface area contributed by atoms with Crippen molar-refractivity contribution in [3.63, 3.8) is 0 Å². The van der Waals surface area contributed by atoms with Crippen LogP contribution in [0, 0.1) is 0 Å². The van der Waals surface area contributed by atoms with E-state index in [0.717, 1.165) is 17.7 Å². The Morgan fingerprint density at radius 1 is 1.58 bits per heavy atom. The Morgan fingerprint density at radius 3 is 3.11 bits per heavy atom. The van der Waals surface area contributed by atoms with Crippen molar-refractivity contribution in [2.24, 2.45) is 5.73 Å². The second kappa shape index (κ2) is 6.04. The quantitative estimate of drug-likeness (QED) is 0.810. The Labute approximate surface area is 112 Å². The van der Waals surface area contributed by atoms with E-state index < -0.39 is 5.97 Å². The van der Waals surface area contributed by atoms with Gasteiger partial charge in [0, 0.05) is 6.42 Å². The number of ether oxygens (including phenoxy) is 3. The zero-order valence-corrected chi connectivity index (χ0v) is 11.2. The molecule has 1 heterocycles. The zero-order valence-electron chi connectivity index (χ0n) is 11.2. The molecule has 2 unspecified atom stereocenters. The van der Waals surface area contributed by atoms with E-state index >= 15 is 0 Å². The van der Waals surface area contributed by atoms with E-state index in [1.165, 1.54) is 12.7 Å². The van der Waals surface area contributed by atoms with E-state index in [9.17, 15) is 4.79 Å². The fraction of sp³-hybridized carbons (Fsp3) is 0.500. The van der Waals surface area contributed by atoms with Crippen LogP contribution in [-0.4, -0.2) is 32.4 Å². The third-order valence-electron chi connectivity index (χ3n) is 3.09. The van der Waals surface area contributed by atoms with Gasteiger partial charge in [-0.25, -0.2) is 4.79 Å². The molecule has 0 saturated heterocycles. The van der Waals surface area contributed by atoms with Gasteiger partial charge in [0.15, 0.2) is 0 Å². The molecule has 2 rings (SSSR count). The van der Waals surface area contributed by atoms with Gasteiger partial charge in [0.25, 0.3) is 0 Å². The smallest absolute Gasteiger partial charge is 0.331 e. The highest BCUT2D eigenvalue weighted by molar-refractivity contribution is 5.70. The zero-order chi connectivity index (χ0) is 13.8. The molecule has 1 aromatic carbocycles. The number of nitrogens with two attached hydrogens (primary N) is 1. The van der Waals surface area contributed by atoms with Crippen LogP contribution in [0.3, 0.4) is 0 Å². The molecule has 0 bridgehead atoms. The van der Waals surface area contributed by atoms with E-state index in [2.05, 4.69) is 4.74 Å². The van der Waals surface area contributed by atoms with Crippen LogP contribution in [0.5, 0.6) is 5.75 Å². The molecule has 0 aromatic heterocycles. The van der Waals surface area contributed by atoms with Crippen LogP contribution in [0.2, 0.25) is 0 Å². The summed E-state index contributed by atoms with van der Waals surface area (Å²) in [6.07, 6.45) is 1.12. The minimum atomic E-state index is -0.400. The number of methoxy groups -OCH3 is 1. The van der Waals surface area contributed by atoms with Crippen molar-refractivity contribution in [1.82, 2.24) is 0 Å². The van der Waals surface area contributed by atoms with Crippen molar-refractivity contribution in [3.05, 3.63) is 29.3 Å². The van der Waals surface area contributed by atoms with E-state index in [4.69, 9.17) is 15.2 Å². The normalized spacial score (nSPS) is 18.6. The van der Waals surface area contributed by atoms with Gasteiger partial charge in [-0.2, -0.15) is 0 Å². The lowest BCUT2D eigenvalue weighted by Gasteiger charge is -2.13. The molecule has 5 nitrogen and oxygen atoms in total. The predicted octanol–water partition coefficient (Wildman–Crippen LogP) is 1.20. The lowest BCUT2D eigenvalue weighted by molar-refractivity contribution is -0.146. The summed E-state index contributed by atoms with van der Waals surface area (Å²) in [5.41, 5.74) is 8.20. The van der Waals surface area contributed by atoms with Crippen molar-refractivity contribution in [2.75, 3.05) is 20.3 Å². The Kier molecular flexibility index (Phi) is 4.39. The number of hydrogen-bond donors (Lipinski definition) is 1. The molecule has 5 heteroatoms. The molecule has 19 heavy (non-hydrogen) atoms. The molecule has 0 aliphatic carbocycles. The highest BCUT2D eigenvalue weighted by atomic mass is 16.6. The summed E-state index contributed by atoms with van der Waals surface area (Å²) in [5.74, 6) is 0.530. The standard InChI is InChI=1S/C14H19NO4/c1-9-5-11-6-10(3-4-13(11)19-9)12(15)7-18-8-14(16)17-2/h3-4,6,9,12H,5,7-8,15H2,1-2H3. The Balaban J connectivity index is 1.91.